The van der Waals surface area contributed by atoms with Crippen molar-refractivity contribution in [2.24, 2.45) is 0 Å². The molecule has 0 aliphatic carbocycles. The van der Waals surface area contributed by atoms with Crippen LogP contribution in [0, 0.1) is 23.7 Å². The van der Waals surface area contributed by atoms with E-state index in [9.17, 15) is 0 Å². The first kappa shape index (κ1) is 17.8. The number of nitrogens with zero attached hydrogens (tertiary/aromatic N) is 2. The predicted octanol–water partition coefficient (Wildman–Crippen LogP) is 3.70. The molecule has 5 rings (SSSR count). The fourth-order valence-electron chi connectivity index (χ4n) is 2.74. The van der Waals surface area contributed by atoms with Gasteiger partial charge in [0.25, 0.3) is 0 Å². The Morgan fingerprint density at radius 3 is 1.36 bits per heavy atom. The van der Waals surface area contributed by atoms with Gasteiger partial charge in [-0.1, -0.05) is 0 Å². The van der Waals surface area contributed by atoms with Gasteiger partial charge in [-0.05, 0) is 0 Å². The van der Waals surface area contributed by atoms with E-state index < -0.39 is 40.9 Å². The monoisotopic (exact) mass is 588 g/mol. The number of rotatable bonds is 0. The average molecular weight is 584 g/mol. The van der Waals surface area contributed by atoms with Gasteiger partial charge >= 0.3 is 184 Å². The summed E-state index contributed by atoms with van der Waals surface area (Å²) in [6, 6.07) is 24.8. The third-order valence-electron chi connectivity index (χ3n) is 4.10. The Morgan fingerprint density at radius 2 is 0.929 bits per heavy atom. The van der Waals surface area contributed by atoms with Crippen molar-refractivity contribution >= 4 is 58.7 Å². The van der Waals surface area contributed by atoms with Gasteiger partial charge in [-0.2, -0.15) is 0 Å². The van der Waals surface area contributed by atoms with Crippen LogP contribution in [-0.4, -0.2) is 50.8 Å². The van der Waals surface area contributed by atoms with Gasteiger partial charge in [0.2, 0.25) is 0 Å². The Labute approximate surface area is 182 Å². The summed E-state index contributed by atoms with van der Waals surface area (Å²) in [6.45, 7) is 0. The summed E-state index contributed by atoms with van der Waals surface area (Å²) in [7, 11) is 0. The Morgan fingerprint density at radius 1 is 0.500 bits per heavy atom. The second kappa shape index (κ2) is 7.98. The van der Waals surface area contributed by atoms with E-state index in [1.165, 1.54) is 6.80 Å². The van der Waals surface area contributed by atoms with E-state index in [2.05, 4.69) is 70.0 Å². The Hall–Kier alpha value is -2.30. The zero-order valence-electron chi connectivity index (χ0n) is 14.6. The number of hydrogen-bond acceptors (Lipinski definition) is 2. The minimum absolute atomic E-state index is 0.427. The third-order valence-corrected chi connectivity index (χ3v) is 9.53. The van der Waals surface area contributed by atoms with Crippen LogP contribution >= 0.6 is 0 Å². The van der Waals surface area contributed by atoms with E-state index in [-0.39, 0.29) is 0 Å². The summed E-state index contributed by atoms with van der Waals surface area (Å²) in [5, 5.41) is 0. The summed E-state index contributed by atoms with van der Waals surface area (Å²) in [5.41, 5.74) is 4.19. The van der Waals surface area contributed by atoms with E-state index in [4.69, 9.17) is 0 Å². The van der Waals surface area contributed by atoms with Crippen LogP contribution in [0.1, 0.15) is 18.5 Å². The van der Waals surface area contributed by atoms with Crippen molar-refractivity contribution in [2.75, 3.05) is 0 Å². The average Bonchev–Trinajstić information content (AvgIpc) is 3.34. The molecular formula is C24H12N2Te2. The van der Waals surface area contributed by atoms with Crippen LogP contribution < -0.4 is 0 Å². The molecule has 4 heteroatoms. The van der Waals surface area contributed by atoms with E-state index in [1.807, 2.05) is 36.4 Å². The first-order valence-electron chi connectivity index (χ1n) is 8.69. The molecule has 28 heavy (non-hydrogen) atoms. The topological polar surface area (TPSA) is 25.8 Å². The Kier molecular flexibility index (Phi) is 5.06. The van der Waals surface area contributed by atoms with Gasteiger partial charge in [-0.15, -0.1) is 0 Å². The molecule has 0 aliphatic rings. The van der Waals surface area contributed by atoms with Crippen molar-refractivity contribution in [3.8, 4) is 23.7 Å². The SMILES string of the molecule is C(#Cc1nc2ccccc2[te]1)c1ccc(C#Cc2nc3ccccc3[te]2)cc1. The van der Waals surface area contributed by atoms with Crippen LogP contribution in [0.15, 0.2) is 72.8 Å². The summed E-state index contributed by atoms with van der Waals surface area (Å²) < 4.78 is 4.86. The normalized spacial score (nSPS) is 10.3. The molecule has 0 unspecified atom stereocenters. The summed E-state index contributed by atoms with van der Waals surface area (Å²) in [5.74, 6) is 13.0. The molecule has 0 bridgehead atoms. The molecule has 2 aromatic heterocycles. The molecule has 0 amide bonds. The summed E-state index contributed by atoms with van der Waals surface area (Å²) >= 11 is -0.855. The van der Waals surface area contributed by atoms with E-state index >= 15 is 0 Å². The first-order valence-corrected chi connectivity index (χ1v) is 13.3. The van der Waals surface area contributed by atoms with Crippen molar-refractivity contribution in [1.82, 2.24) is 9.97 Å². The van der Waals surface area contributed by atoms with Crippen LogP contribution in [0.4, 0.5) is 0 Å². The van der Waals surface area contributed by atoms with E-state index in [1.54, 1.807) is 0 Å². The number of hydrogen-bond donors (Lipinski definition) is 0. The first-order chi connectivity index (χ1) is 13.8. The third kappa shape index (κ3) is 3.94. The molecule has 5 aromatic rings. The molecule has 0 fully saturated rings. The number of fused-ring (bicyclic) bond motifs is 2. The standard InChI is InChI=1S/C24H12N2Te2/c1-3-7-21-19(5-1)25-23(27-21)15-13-17-9-11-18(12-10-17)14-16-24-26-20-6-2-4-8-22(20)28-24/h1-12H. The van der Waals surface area contributed by atoms with Gasteiger partial charge in [0, 0.05) is 0 Å². The van der Waals surface area contributed by atoms with Crippen LogP contribution in [-0.2, 0) is 0 Å². The predicted molar refractivity (Wildman–Crippen MR) is 116 cm³/mol. The molecular weight excluding hydrogens is 571 g/mol. The van der Waals surface area contributed by atoms with Gasteiger partial charge in [0.05, 0.1) is 0 Å². The molecule has 0 N–H and O–H groups in total. The summed E-state index contributed by atoms with van der Waals surface area (Å²) in [6.07, 6.45) is 0. The quantitative estimate of drug-likeness (QED) is 0.205. The van der Waals surface area contributed by atoms with Crippen molar-refractivity contribution in [3.05, 3.63) is 91.3 Å². The number of benzene rings is 3. The van der Waals surface area contributed by atoms with Gasteiger partial charge in [0.15, 0.2) is 0 Å². The van der Waals surface area contributed by atoms with Crippen molar-refractivity contribution in [2.45, 2.75) is 0 Å². The van der Waals surface area contributed by atoms with Crippen LogP contribution in [0.25, 0.3) is 17.8 Å². The Balaban J connectivity index is 1.35. The van der Waals surface area contributed by atoms with Crippen LogP contribution in [0.3, 0.4) is 0 Å². The van der Waals surface area contributed by atoms with Gasteiger partial charge < -0.3 is 0 Å². The molecule has 0 spiro atoms. The molecule has 0 atom stereocenters. The zero-order chi connectivity index (χ0) is 18.8. The molecule has 0 radical (unpaired) electrons. The number of aromatic nitrogens is 2. The summed E-state index contributed by atoms with van der Waals surface area (Å²) in [4.78, 5) is 9.29. The van der Waals surface area contributed by atoms with Crippen LogP contribution in [0.2, 0.25) is 0 Å². The molecule has 0 saturated heterocycles. The van der Waals surface area contributed by atoms with Crippen molar-refractivity contribution in [3.63, 3.8) is 0 Å². The fraction of sp³-hybridized carbons (Fsp3) is 0. The molecule has 0 aliphatic heterocycles. The second-order valence-electron chi connectivity index (χ2n) is 6.05. The van der Waals surface area contributed by atoms with Gasteiger partial charge in [-0.25, -0.2) is 0 Å². The van der Waals surface area contributed by atoms with Crippen molar-refractivity contribution in [1.29, 1.82) is 0 Å². The maximum absolute atomic E-state index is 4.64. The van der Waals surface area contributed by atoms with E-state index in [0.29, 0.717) is 0 Å². The fourth-order valence-corrected chi connectivity index (χ4v) is 7.42. The molecule has 2 nitrogen and oxygen atoms in total. The van der Waals surface area contributed by atoms with Gasteiger partial charge in [0.1, 0.15) is 0 Å². The molecule has 2 heterocycles. The van der Waals surface area contributed by atoms with Crippen LogP contribution in [0.5, 0.6) is 0 Å². The molecule has 130 valence electrons. The molecule has 0 saturated carbocycles. The Bertz CT molecular complexity index is 1240. The van der Waals surface area contributed by atoms with Crippen molar-refractivity contribution < 1.29 is 0 Å². The second-order valence-corrected chi connectivity index (χ2v) is 11.9. The molecule has 3 aromatic carbocycles. The van der Waals surface area contributed by atoms with E-state index in [0.717, 1.165) is 29.6 Å². The maximum atomic E-state index is 4.64. The minimum atomic E-state index is -0.427. The zero-order valence-corrected chi connectivity index (χ0v) is 19.3. The van der Waals surface area contributed by atoms with Gasteiger partial charge in [-0.3, -0.25) is 0 Å². The number of para-hydroxylation sites is 2.